The number of nitrogens with one attached hydrogen (secondary N) is 1. The molecule has 1 amide bonds. The Hall–Kier alpha value is -3.36. The number of anilines is 1. The van der Waals surface area contributed by atoms with E-state index in [9.17, 15) is 4.79 Å². The second-order valence-electron chi connectivity index (χ2n) is 8.14. The van der Waals surface area contributed by atoms with Crippen molar-refractivity contribution < 1.29 is 9.18 Å². The summed E-state index contributed by atoms with van der Waals surface area (Å²) in [5.74, 6) is 4.48. The number of halogens is 1. The third kappa shape index (κ3) is 5.04. The summed E-state index contributed by atoms with van der Waals surface area (Å²) in [4.78, 5) is 20.8. The van der Waals surface area contributed by atoms with Gasteiger partial charge in [0, 0.05) is 31.9 Å². The highest BCUT2D eigenvalue weighted by Gasteiger charge is 2.31. The zero-order valence-corrected chi connectivity index (χ0v) is 18.0. The molecular weight excluding hydrogens is 397 g/mol. The topological polar surface area (TPSA) is 111 Å². The van der Waals surface area contributed by atoms with E-state index in [0.717, 1.165) is 5.56 Å². The fourth-order valence-corrected chi connectivity index (χ4v) is 3.94. The van der Waals surface area contributed by atoms with Gasteiger partial charge in [0.25, 0.3) is 5.91 Å². The average Bonchev–Trinajstić information content (AvgIpc) is 2.73. The minimum atomic E-state index is -0.523. The van der Waals surface area contributed by atoms with Crippen LogP contribution in [-0.2, 0) is 6.42 Å². The Morgan fingerprint density at radius 3 is 2.74 bits per heavy atom. The highest BCUT2D eigenvalue weighted by atomic mass is 19.1. The van der Waals surface area contributed by atoms with E-state index in [1.165, 1.54) is 6.07 Å². The van der Waals surface area contributed by atoms with Crippen molar-refractivity contribution in [1.29, 1.82) is 5.41 Å². The molecule has 164 valence electrons. The normalized spacial score (nSPS) is 16.9. The van der Waals surface area contributed by atoms with Gasteiger partial charge in [-0.3, -0.25) is 15.2 Å². The van der Waals surface area contributed by atoms with Crippen LogP contribution in [0.4, 0.5) is 10.1 Å². The van der Waals surface area contributed by atoms with Gasteiger partial charge in [0.1, 0.15) is 11.5 Å². The first-order chi connectivity index (χ1) is 14.8. The maximum Gasteiger partial charge on any atom is 0.272 e. The van der Waals surface area contributed by atoms with Crippen LogP contribution in [0.5, 0.6) is 0 Å². The Labute approximate surface area is 181 Å². The number of hydrogen-bond acceptors (Lipinski definition) is 5. The highest BCUT2D eigenvalue weighted by Crippen LogP contribution is 2.30. The molecule has 3 rings (SSSR count). The quantitative estimate of drug-likeness (QED) is 0.251. The van der Waals surface area contributed by atoms with Crippen molar-refractivity contribution in [3.8, 4) is 0 Å². The summed E-state index contributed by atoms with van der Waals surface area (Å²) in [6.07, 6.45) is 2.31. The minimum absolute atomic E-state index is 0.0680. The summed E-state index contributed by atoms with van der Waals surface area (Å²) in [5.41, 5.74) is 1.89. The van der Waals surface area contributed by atoms with Crippen LogP contribution in [-0.4, -0.2) is 47.3 Å². The Balaban J connectivity index is 1.90. The van der Waals surface area contributed by atoms with Gasteiger partial charge in [-0.15, -0.1) is 5.11 Å². The molecule has 0 spiro atoms. The number of amidine groups is 1. The van der Waals surface area contributed by atoms with E-state index in [1.807, 2.05) is 17.9 Å². The molecule has 1 fully saturated rings. The van der Waals surface area contributed by atoms with Crippen LogP contribution < -0.4 is 10.7 Å². The van der Waals surface area contributed by atoms with Gasteiger partial charge in [-0.05, 0) is 49.1 Å². The highest BCUT2D eigenvalue weighted by molar-refractivity contribution is 6.02. The predicted octanol–water partition coefficient (Wildman–Crippen LogP) is 3.42. The van der Waals surface area contributed by atoms with Gasteiger partial charge in [0.15, 0.2) is 5.84 Å². The van der Waals surface area contributed by atoms with Crippen LogP contribution in [0.2, 0.25) is 0 Å². The lowest BCUT2D eigenvalue weighted by Gasteiger charge is -2.41. The monoisotopic (exact) mass is 425 g/mol. The third-order valence-electron chi connectivity index (χ3n) is 5.28. The molecule has 1 aromatic carbocycles. The van der Waals surface area contributed by atoms with E-state index in [1.54, 1.807) is 29.3 Å². The molecule has 2 heterocycles. The number of carbonyl (C=O) groups excluding carboxylic acids is 1. The number of hydrogen-bond donors (Lipinski definition) is 2. The molecule has 0 aliphatic carbocycles. The van der Waals surface area contributed by atoms with Crippen molar-refractivity contribution in [3.05, 3.63) is 59.2 Å². The Morgan fingerprint density at radius 1 is 1.35 bits per heavy atom. The third-order valence-corrected chi connectivity index (χ3v) is 5.28. The predicted molar refractivity (Wildman–Crippen MR) is 118 cm³/mol. The first-order valence-corrected chi connectivity index (χ1v) is 10.3. The lowest BCUT2D eigenvalue weighted by atomic mass is 9.98. The lowest BCUT2D eigenvalue weighted by molar-refractivity contribution is 0.0668. The Morgan fingerprint density at radius 2 is 2.13 bits per heavy atom. The first kappa shape index (κ1) is 22.3. The van der Waals surface area contributed by atoms with Crippen LogP contribution in [0.15, 0.2) is 46.9 Å². The molecule has 1 atom stereocenters. The molecule has 3 N–H and O–H groups in total. The fraction of sp³-hybridized carbons (Fsp3) is 0.409. The standard InChI is InChI=1S/C22H28FN7O/c1-14(2)10-16-11-17(23)20(21(24)27-28-25)19(12-16)29-8-9-30(15(3)13-29)22(31)18-6-4-5-7-26-18/h4-7,11-12,14-15H,8-10,13H2,1-3H3,(H3,24,25,27)/t15-/m0/s1. The Bertz CT molecular complexity index is 977. The number of carbonyl (C=O) groups is 1. The molecule has 31 heavy (non-hydrogen) atoms. The van der Waals surface area contributed by atoms with Crippen LogP contribution in [0.25, 0.3) is 0 Å². The van der Waals surface area contributed by atoms with Crippen LogP contribution in [0.1, 0.15) is 42.4 Å². The molecule has 2 aromatic rings. The second-order valence-corrected chi connectivity index (χ2v) is 8.14. The zero-order valence-electron chi connectivity index (χ0n) is 18.0. The second kappa shape index (κ2) is 9.63. The van der Waals surface area contributed by atoms with Crippen LogP contribution in [0, 0.1) is 17.1 Å². The molecule has 0 radical (unpaired) electrons. The van der Waals surface area contributed by atoms with Gasteiger partial charge in [0.05, 0.1) is 11.3 Å². The summed E-state index contributed by atoms with van der Waals surface area (Å²) in [7, 11) is 0. The largest absolute Gasteiger partial charge is 0.367 e. The molecular formula is C22H28FN7O. The van der Waals surface area contributed by atoms with Gasteiger partial charge in [-0.25, -0.2) is 4.39 Å². The molecule has 8 nitrogen and oxygen atoms in total. The van der Waals surface area contributed by atoms with Crippen molar-refractivity contribution in [2.45, 2.75) is 33.2 Å². The van der Waals surface area contributed by atoms with Crippen molar-refractivity contribution in [1.82, 2.24) is 9.88 Å². The van der Waals surface area contributed by atoms with Gasteiger partial charge in [0.2, 0.25) is 0 Å². The number of piperazine rings is 1. The summed E-state index contributed by atoms with van der Waals surface area (Å²) in [6, 6.07) is 8.48. The number of pyridine rings is 1. The maximum absolute atomic E-state index is 15.0. The lowest BCUT2D eigenvalue weighted by Crippen LogP contribution is -2.54. The van der Waals surface area contributed by atoms with Crippen molar-refractivity contribution in [3.63, 3.8) is 0 Å². The SMILES string of the molecule is CC(C)Cc1cc(F)c(C(=N)N=NN)c(N2CCN(C(=O)c3ccccn3)[C@@H](C)C2)c1. The minimum Gasteiger partial charge on any atom is -0.367 e. The molecule has 1 aliphatic rings. The summed E-state index contributed by atoms with van der Waals surface area (Å²) in [5, 5.41) is 14.8. The first-order valence-electron chi connectivity index (χ1n) is 10.3. The molecule has 0 unspecified atom stereocenters. The fourth-order valence-electron chi connectivity index (χ4n) is 3.94. The molecule has 1 saturated heterocycles. The van der Waals surface area contributed by atoms with Crippen molar-refractivity contribution in [2.75, 3.05) is 24.5 Å². The number of nitrogens with two attached hydrogens (primary N) is 1. The summed E-state index contributed by atoms with van der Waals surface area (Å²) in [6.45, 7) is 7.53. The number of aromatic nitrogens is 1. The number of benzene rings is 1. The average molecular weight is 426 g/mol. The molecule has 9 heteroatoms. The van der Waals surface area contributed by atoms with E-state index in [0.29, 0.717) is 43.4 Å². The van der Waals surface area contributed by atoms with E-state index in [4.69, 9.17) is 11.3 Å². The molecule has 1 aliphatic heterocycles. The smallest absolute Gasteiger partial charge is 0.272 e. The summed E-state index contributed by atoms with van der Waals surface area (Å²) >= 11 is 0. The van der Waals surface area contributed by atoms with Gasteiger partial charge in [-0.1, -0.05) is 25.1 Å². The number of amides is 1. The number of rotatable bonds is 5. The van der Waals surface area contributed by atoms with Gasteiger partial charge >= 0.3 is 0 Å². The van der Waals surface area contributed by atoms with Gasteiger partial charge in [-0.2, -0.15) is 0 Å². The molecule has 0 bridgehead atoms. The Kier molecular flexibility index (Phi) is 6.94. The molecule has 1 aromatic heterocycles. The number of nitrogens with zero attached hydrogens (tertiary/aromatic N) is 5. The van der Waals surface area contributed by atoms with Gasteiger partial charge < -0.3 is 15.6 Å². The van der Waals surface area contributed by atoms with Crippen molar-refractivity contribution in [2.24, 2.45) is 22.1 Å². The van der Waals surface area contributed by atoms with E-state index < -0.39 is 5.82 Å². The van der Waals surface area contributed by atoms with Crippen LogP contribution >= 0.6 is 0 Å². The summed E-state index contributed by atoms with van der Waals surface area (Å²) < 4.78 is 15.0. The van der Waals surface area contributed by atoms with E-state index >= 15 is 4.39 Å². The van der Waals surface area contributed by atoms with E-state index in [-0.39, 0.29) is 23.3 Å². The van der Waals surface area contributed by atoms with Crippen molar-refractivity contribution >= 4 is 17.4 Å². The molecule has 0 saturated carbocycles. The van der Waals surface area contributed by atoms with Crippen LogP contribution in [0.3, 0.4) is 0 Å². The zero-order chi connectivity index (χ0) is 22.5. The van der Waals surface area contributed by atoms with E-state index in [2.05, 4.69) is 29.2 Å². The maximum atomic E-state index is 15.0.